The summed E-state index contributed by atoms with van der Waals surface area (Å²) in [6, 6.07) is 13.8. The maximum atomic E-state index is 5.55. The molecule has 0 bridgehead atoms. The van der Waals surface area contributed by atoms with Crippen LogP contribution in [0.3, 0.4) is 0 Å². The van der Waals surface area contributed by atoms with Crippen LogP contribution in [-0.2, 0) is 5.54 Å². The number of ether oxygens (including phenoxy) is 1. The highest BCUT2D eigenvalue weighted by atomic mass is 32.1. The van der Waals surface area contributed by atoms with Gasteiger partial charge in [0.25, 0.3) is 0 Å². The van der Waals surface area contributed by atoms with E-state index in [-0.39, 0.29) is 5.54 Å². The topological polar surface area (TPSA) is 46.2 Å². The highest BCUT2D eigenvalue weighted by Gasteiger charge is 2.37. The highest BCUT2D eigenvalue weighted by Crippen LogP contribution is 2.37. The molecule has 0 atom stereocenters. The van der Waals surface area contributed by atoms with Crippen LogP contribution < -0.4 is 15.4 Å². The summed E-state index contributed by atoms with van der Waals surface area (Å²) in [5.74, 6) is 0.810. The molecule has 5 heteroatoms. The molecule has 0 amide bonds. The smallest absolute Gasteiger partial charge is 0.171 e. The first-order chi connectivity index (χ1) is 12.2. The minimum atomic E-state index is -0.168. The first-order valence-electron chi connectivity index (χ1n) is 8.56. The number of hydrogen-bond donors (Lipinski definition) is 2. The molecule has 1 heterocycles. The number of benzene rings is 1. The van der Waals surface area contributed by atoms with Gasteiger partial charge in [0.1, 0.15) is 12.4 Å². The molecule has 3 rings (SSSR count). The molecule has 1 saturated carbocycles. The summed E-state index contributed by atoms with van der Waals surface area (Å²) in [4.78, 5) is 4.56. The van der Waals surface area contributed by atoms with E-state index in [9.17, 15) is 0 Å². The Hall–Kier alpha value is -2.40. The molecule has 1 aromatic carbocycles. The molecule has 1 fully saturated rings. The molecule has 1 aliphatic carbocycles. The Morgan fingerprint density at radius 2 is 1.96 bits per heavy atom. The van der Waals surface area contributed by atoms with E-state index in [2.05, 4.69) is 28.3 Å². The molecule has 0 radical (unpaired) electrons. The van der Waals surface area contributed by atoms with Gasteiger partial charge < -0.3 is 15.4 Å². The van der Waals surface area contributed by atoms with Gasteiger partial charge in [0.15, 0.2) is 5.11 Å². The van der Waals surface area contributed by atoms with E-state index in [0.717, 1.165) is 30.0 Å². The van der Waals surface area contributed by atoms with E-state index < -0.39 is 0 Å². The molecular weight excluding hydrogens is 330 g/mol. The fourth-order valence-electron chi connectivity index (χ4n) is 3.24. The van der Waals surface area contributed by atoms with E-state index in [1.807, 2.05) is 42.6 Å². The SMILES string of the molecule is C=CCOc1ccc(NC(=S)NC2(c3ccccn3)CCCC2)cc1. The van der Waals surface area contributed by atoms with Gasteiger partial charge >= 0.3 is 0 Å². The predicted molar refractivity (Wildman–Crippen MR) is 106 cm³/mol. The van der Waals surface area contributed by atoms with Gasteiger partial charge in [0, 0.05) is 11.9 Å². The second-order valence-electron chi connectivity index (χ2n) is 6.21. The van der Waals surface area contributed by atoms with Crippen LogP contribution in [0.2, 0.25) is 0 Å². The summed E-state index contributed by atoms with van der Waals surface area (Å²) < 4.78 is 5.49. The van der Waals surface area contributed by atoms with Crippen molar-refractivity contribution in [3.63, 3.8) is 0 Å². The van der Waals surface area contributed by atoms with E-state index in [1.165, 1.54) is 12.8 Å². The van der Waals surface area contributed by atoms with Crippen LogP contribution in [-0.4, -0.2) is 16.7 Å². The number of pyridine rings is 1. The predicted octanol–water partition coefficient (Wildman–Crippen LogP) is 4.40. The van der Waals surface area contributed by atoms with Crippen molar-refractivity contribution < 1.29 is 4.74 Å². The van der Waals surface area contributed by atoms with E-state index >= 15 is 0 Å². The van der Waals surface area contributed by atoms with Crippen LogP contribution in [0.5, 0.6) is 5.75 Å². The van der Waals surface area contributed by atoms with Gasteiger partial charge in [-0.1, -0.05) is 31.6 Å². The van der Waals surface area contributed by atoms with Crippen molar-refractivity contribution in [1.29, 1.82) is 0 Å². The number of nitrogens with one attached hydrogen (secondary N) is 2. The van der Waals surface area contributed by atoms with Gasteiger partial charge in [-0.25, -0.2) is 0 Å². The monoisotopic (exact) mass is 353 g/mol. The van der Waals surface area contributed by atoms with Crippen molar-refractivity contribution in [1.82, 2.24) is 10.3 Å². The fraction of sp³-hybridized carbons (Fsp3) is 0.300. The number of aromatic nitrogens is 1. The van der Waals surface area contributed by atoms with Crippen molar-refractivity contribution in [3.8, 4) is 5.75 Å². The van der Waals surface area contributed by atoms with Crippen LogP contribution in [0.25, 0.3) is 0 Å². The molecule has 1 aliphatic rings. The summed E-state index contributed by atoms with van der Waals surface area (Å²) in [7, 11) is 0. The molecule has 25 heavy (non-hydrogen) atoms. The van der Waals surface area contributed by atoms with Gasteiger partial charge in [-0.3, -0.25) is 4.98 Å². The van der Waals surface area contributed by atoms with Crippen molar-refractivity contribution >= 4 is 23.0 Å². The quantitative estimate of drug-likeness (QED) is 0.595. The summed E-state index contributed by atoms with van der Waals surface area (Å²) in [5, 5.41) is 7.40. The van der Waals surface area contributed by atoms with Crippen LogP contribution in [0.15, 0.2) is 61.3 Å². The van der Waals surface area contributed by atoms with E-state index in [1.54, 1.807) is 6.08 Å². The Morgan fingerprint density at radius 3 is 2.60 bits per heavy atom. The molecule has 1 aromatic heterocycles. The fourth-order valence-corrected chi connectivity index (χ4v) is 3.55. The highest BCUT2D eigenvalue weighted by molar-refractivity contribution is 7.80. The Morgan fingerprint density at radius 1 is 1.20 bits per heavy atom. The second-order valence-corrected chi connectivity index (χ2v) is 6.62. The zero-order chi connectivity index (χ0) is 17.5. The molecular formula is C20H23N3OS. The summed E-state index contributed by atoms with van der Waals surface area (Å²) in [5.41, 5.74) is 1.82. The van der Waals surface area contributed by atoms with Crippen molar-refractivity contribution in [3.05, 3.63) is 67.0 Å². The zero-order valence-corrected chi connectivity index (χ0v) is 15.0. The number of anilines is 1. The van der Waals surface area contributed by atoms with E-state index in [0.29, 0.717) is 11.7 Å². The standard InChI is InChI=1S/C20H23N3OS/c1-2-15-24-17-10-8-16(9-11-17)22-19(25)23-20(12-4-5-13-20)18-7-3-6-14-21-18/h2-3,6-11,14H,1,4-5,12-13,15H2,(H2,22,23,25). The Kier molecular flexibility index (Phi) is 5.66. The minimum absolute atomic E-state index is 0.168. The molecule has 2 N–H and O–H groups in total. The van der Waals surface area contributed by atoms with Crippen LogP contribution in [0.1, 0.15) is 31.4 Å². The maximum Gasteiger partial charge on any atom is 0.171 e. The molecule has 0 saturated heterocycles. The maximum absolute atomic E-state index is 5.55. The minimum Gasteiger partial charge on any atom is -0.490 e. The van der Waals surface area contributed by atoms with Crippen LogP contribution >= 0.6 is 12.2 Å². The van der Waals surface area contributed by atoms with Crippen LogP contribution in [0.4, 0.5) is 5.69 Å². The third kappa shape index (κ3) is 4.37. The van der Waals surface area contributed by atoms with E-state index in [4.69, 9.17) is 17.0 Å². The summed E-state index contributed by atoms with van der Waals surface area (Å²) in [6.45, 7) is 4.14. The first-order valence-corrected chi connectivity index (χ1v) is 8.97. The van der Waals surface area contributed by atoms with Crippen molar-refractivity contribution in [2.24, 2.45) is 0 Å². The second kappa shape index (κ2) is 8.12. The third-order valence-electron chi connectivity index (χ3n) is 4.45. The first kappa shape index (κ1) is 17.4. The average Bonchev–Trinajstić information content (AvgIpc) is 3.11. The number of nitrogens with zero attached hydrogens (tertiary/aromatic N) is 1. The molecule has 4 nitrogen and oxygen atoms in total. The number of hydrogen-bond acceptors (Lipinski definition) is 3. The lowest BCUT2D eigenvalue weighted by Gasteiger charge is -2.31. The molecule has 0 spiro atoms. The van der Waals surface area contributed by atoms with Gasteiger partial charge in [-0.15, -0.1) is 0 Å². The third-order valence-corrected chi connectivity index (χ3v) is 4.65. The number of thiocarbonyl (C=S) groups is 1. The van der Waals surface area contributed by atoms with Gasteiger partial charge in [-0.2, -0.15) is 0 Å². The number of rotatable bonds is 6. The Labute approximate surface area is 154 Å². The lowest BCUT2D eigenvalue weighted by molar-refractivity contribution is 0.363. The largest absolute Gasteiger partial charge is 0.490 e. The summed E-state index contributed by atoms with van der Waals surface area (Å²) >= 11 is 5.55. The molecule has 2 aromatic rings. The average molecular weight is 353 g/mol. The van der Waals surface area contributed by atoms with Gasteiger partial charge in [0.05, 0.1) is 11.2 Å². The van der Waals surface area contributed by atoms with Crippen molar-refractivity contribution in [2.45, 2.75) is 31.2 Å². The molecule has 130 valence electrons. The molecule has 0 aliphatic heterocycles. The normalized spacial score (nSPS) is 15.4. The van der Waals surface area contributed by atoms with Crippen molar-refractivity contribution in [2.75, 3.05) is 11.9 Å². The molecule has 0 unspecified atom stereocenters. The van der Waals surface area contributed by atoms with Gasteiger partial charge in [-0.05, 0) is 61.5 Å². The lowest BCUT2D eigenvalue weighted by atomic mass is 9.93. The lowest BCUT2D eigenvalue weighted by Crippen LogP contribution is -2.46. The zero-order valence-electron chi connectivity index (χ0n) is 14.2. The van der Waals surface area contributed by atoms with Crippen LogP contribution in [0, 0.1) is 0 Å². The Balaban J connectivity index is 1.65. The van der Waals surface area contributed by atoms with Gasteiger partial charge in [0.2, 0.25) is 0 Å². The Bertz CT molecular complexity index is 709. The summed E-state index contributed by atoms with van der Waals surface area (Å²) in [6.07, 6.45) is 8.02.